The number of amides is 1. The van der Waals surface area contributed by atoms with E-state index in [-0.39, 0.29) is 17.9 Å². The van der Waals surface area contributed by atoms with E-state index < -0.39 is 5.97 Å². The maximum atomic E-state index is 11.1. The average molecular weight is 200 g/mol. The third-order valence-corrected chi connectivity index (χ3v) is 2.39. The van der Waals surface area contributed by atoms with E-state index in [1.54, 1.807) is 6.92 Å². The van der Waals surface area contributed by atoms with Gasteiger partial charge in [0.25, 0.3) is 0 Å². The molecule has 0 aromatic rings. The van der Waals surface area contributed by atoms with Crippen LogP contribution < -0.4 is 10.6 Å². The summed E-state index contributed by atoms with van der Waals surface area (Å²) in [4.78, 5) is 21.8. The van der Waals surface area contributed by atoms with E-state index in [1.165, 1.54) is 0 Å². The number of aliphatic carboxylic acids is 1. The molecule has 1 aliphatic heterocycles. The molecule has 0 aliphatic carbocycles. The Morgan fingerprint density at radius 1 is 1.50 bits per heavy atom. The SMILES string of the molecule is CCC(=O)NC1CNCC(C(=O)O)C1. The number of piperidine rings is 1. The molecule has 5 heteroatoms. The molecule has 5 nitrogen and oxygen atoms in total. The summed E-state index contributed by atoms with van der Waals surface area (Å²) in [6.07, 6.45) is 0.961. The van der Waals surface area contributed by atoms with Gasteiger partial charge in [0.15, 0.2) is 0 Å². The second-order valence-corrected chi connectivity index (χ2v) is 3.55. The van der Waals surface area contributed by atoms with Crippen molar-refractivity contribution in [2.75, 3.05) is 13.1 Å². The fourth-order valence-corrected chi connectivity index (χ4v) is 1.57. The topological polar surface area (TPSA) is 78.4 Å². The van der Waals surface area contributed by atoms with Crippen LogP contribution in [0.5, 0.6) is 0 Å². The van der Waals surface area contributed by atoms with E-state index in [2.05, 4.69) is 10.6 Å². The predicted octanol–water partition coefficient (Wildman–Crippen LogP) is -0.425. The molecule has 1 aliphatic rings. The van der Waals surface area contributed by atoms with Crippen molar-refractivity contribution in [2.24, 2.45) is 5.92 Å². The molecule has 80 valence electrons. The summed E-state index contributed by atoms with van der Waals surface area (Å²) >= 11 is 0. The molecule has 0 radical (unpaired) electrons. The number of carboxylic acid groups (broad SMARTS) is 1. The van der Waals surface area contributed by atoms with Gasteiger partial charge in [0.2, 0.25) is 5.91 Å². The Morgan fingerprint density at radius 2 is 2.21 bits per heavy atom. The minimum absolute atomic E-state index is 0.0251. The molecule has 0 aromatic heterocycles. The second kappa shape index (κ2) is 4.95. The van der Waals surface area contributed by atoms with Crippen molar-refractivity contribution in [2.45, 2.75) is 25.8 Å². The summed E-state index contributed by atoms with van der Waals surface area (Å²) in [5.41, 5.74) is 0. The van der Waals surface area contributed by atoms with Crippen molar-refractivity contribution in [3.05, 3.63) is 0 Å². The number of carbonyl (C=O) groups excluding carboxylic acids is 1. The first-order chi connectivity index (χ1) is 6.63. The van der Waals surface area contributed by atoms with Crippen LogP contribution in [-0.4, -0.2) is 36.1 Å². The van der Waals surface area contributed by atoms with Crippen LogP contribution in [0, 0.1) is 5.92 Å². The van der Waals surface area contributed by atoms with Gasteiger partial charge in [-0.1, -0.05) is 6.92 Å². The van der Waals surface area contributed by atoms with Crippen molar-refractivity contribution < 1.29 is 14.7 Å². The lowest BCUT2D eigenvalue weighted by atomic mass is 9.96. The van der Waals surface area contributed by atoms with E-state index >= 15 is 0 Å². The maximum Gasteiger partial charge on any atom is 0.307 e. The van der Waals surface area contributed by atoms with Crippen LogP contribution in [0.15, 0.2) is 0 Å². The molecule has 0 spiro atoms. The maximum absolute atomic E-state index is 11.1. The molecule has 14 heavy (non-hydrogen) atoms. The van der Waals surface area contributed by atoms with Crippen LogP contribution in [-0.2, 0) is 9.59 Å². The number of hydrogen-bond acceptors (Lipinski definition) is 3. The van der Waals surface area contributed by atoms with Crippen LogP contribution in [0.4, 0.5) is 0 Å². The van der Waals surface area contributed by atoms with Gasteiger partial charge in [-0.25, -0.2) is 0 Å². The molecule has 0 bridgehead atoms. The molecule has 2 atom stereocenters. The van der Waals surface area contributed by atoms with Crippen LogP contribution in [0.1, 0.15) is 19.8 Å². The second-order valence-electron chi connectivity index (χ2n) is 3.55. The molecule has 0 aromatic carbocycles. The summed E-state index contributed by atoms with van der Waals surface area (Å²) in [5.74, 6) is -1.21. The van der Waals surface area contributed by atoms with Crippen LogP contribution >= 0.6 is 0 Å². The van der Waals surface area contributed by atoms with Gasteiger partial charge in [0.05, 0.1) is 5.92 Å². The summed E-state index contributed by atoms with van der Waals surface area (Å²) in [5, 5.41) is 14.6. The highest BCUT2D eigenvalue weighted by Crippen LogP contribution is 2.10. The number of hydrogen-bond donors (Lipinski definition) is 3. The molecule has 1 amide bonds. The summed E-state index contributed by atoms with van der Waals surface area (Å²) < 4.78 is 0. The van der Waals surface area contributed by atoms with E-state index in [0.29, 0.717) is 25.9 Å². The van der Waals surface area contributed by atoms with Gasteiger partial charge in [-0.05, 0) is 6.42 Å². The van der Waals surface area contributed by atoms with Crippen LogP contribution in [0.3, 0.4) is 0 Å². The number of rotatable bonds is 3. The fraction of sp³-hybridized carbons (Fsp3) is 0.778. The van der Waals surface area contributed by atoms with Gasteiger partial charge >= 0.3 is 5.97 Å². The smallest absolute Gasteiger partial charge is 0.307 e. The molecular formula is C9H16N2O3. The third-order valence-electron chi connectivity index (χ3n) is 2.39. The van der Waals surface area contributed by atoms with Gasteiger partial charge in [-0.3, -0.25) is 9.59 Å². The Kier molecular flexibility index (Phi) is 3.88. The first-order valence-corrected chi connectivity index (χ1v) is 4.86. The Hall–Kier alpha value is -1.10. The Labute approximate surface area is 82.9 Å². The number of carboxylic acids is 1. The Bertz CT molecular complexity index is 230. The van der Waals surface area contributed by atoms with Crippen LogP contribution in [0.2, 0.25) is 0 Å². The van der Waals surface area contributed by atoms with Crippen LogP contribution in [0.25, 0.3) is 0 Å². The molecule has 1 saturated heterocycles. The van der Waals surface area contributed by atoms with Gasteiger partial charge in [0, 0.05) is 25.6 Å². The van der Waals surface area contributed by atoms with Gasteiger partial charge in [-0.15, -0.1) is 0 Å². The highest BCUT2D eigenvalue weighted by atomic mass is 16.4. The van der Waals surface area contributed by atoms with Crippen molar-refractivity contribution in [1.82, 2.24) is 10.6 Å². The lowest BCUT2D eigenvalue weighted by Gasteiger charge is -2.28. The zero-order valence-corrected chi connectivity index (χ0v) is 8.25. The predicted molar refractivity (Wildman–Crippen MR) is 50.8 cm³/mol. The molecular weight excluding hydrogens is 184 g/mol. The standard InChI is InChI=1S/C9H16N2O3/c1-2-8(12)11-7-3-6(9(13)14)4-10-5-7/h6-7,10H,2-5H2,1H3,(H,11,12)(H,13,14). The van der Waals surface area contributed by atoms with E-state index in [9.17, 15) is 9.59 Å². The summed E-state index contributed by atoms with van der Waals surface area (Å²) in [6.45, 7) is 2.93. The molecule has 1 fully saturated rings. The molecule has 0 saturated carbocycles. The lowest BCUT2D eigenvalue weighted by Crippen LogP contribution is -2.50. The number of carbonyl (C=O) groups is 2. The third kappa shape index (κ3) is 2.99. The molecule has 3 N–H and O–H groups in total. The highest BCUT2D eigenvalue weighted by molar-refractivity contribution is 5.76. The summed E-state index contributed by atoms with van der Waals surface area (Å²) in [7, 11) is 0. The highest BCUT2D eigenvalue weighted by Gasteiger charge is 2.27. The Balaban J connectivity index is 2.40. The minimum atomic E-state index is -0.798. The molecule has 2 unspecified atom stereocenters. The van der Waals surface area contributed by atoms with Gasteiger partial charge < -0.3 is 15.7 Å². The normalized spacial score (nSPS) is 26.9. The van der Waals surface area contributed by atoms with Crippen molar-refractivity contribution in [3.63, 3.8) is 0 Å². The monoisotopic (exact) mass is 200 g/mol. The lowest BCUT2D eigenvalue weighted by molar-refractivity contribution is -0.142. The van der Waals surface area contributed by atoms with Gasteiger partial charge in [-0.2, -0.15) is 0 Å². The fourth-order valence-electron chi connectivity index (χ4n) is 1.57. The Morgan fingerprint density at radius 3 is 2.79 bits per heavy atom. The first-order valence-electron chi connectivity index (χ1n) is 4.86. The van der Waals surface area contributed by atoms with Crippen molar-refractivity contribution in [1.29, 1.82) is 0 Å². The van der Waals surface area contributed by atoms with Gasteiger partial charge in [0.1, 0.15) is 0 Å². The van der Waals surface area contributed by atoms with E-state index in [4.69, 9.17) is 5.11 Å². The van der Waals surface area contributed by atoms with E-state index in [1.807, 2.05) is 0 Å². The van der Waals surface area contributed by atoms with Crippen molar-refractivity contribution in [3.8, 4) is 0 Å². The summed E-state index contributed by atoms with van der Waals surface area (Å²) in [6, 6.07) is -0.0442. The largest absolute Gasteiger partial charge is 0.481 e. The van der Waals surface area contributed by atoms with Crippen molar-refractivity contribution >= 4 is 11.9 Å². The minimum Gasteiger partial charge on any atom is -0.481 e. The first kappa shape index (κ1) is 11.0. The average Bonchev–Trinajstić information content (AvgIpc) is 2.18. The molecule has 1 heterocycles. The zero-order valence-electron chi connectivity index (χ0n) is 8.25. The van der Waals surface area contributed by atoms with E-state index in [0.717, 1.165) is 0 Å². The number of nitrogens with one attached hydrogen (secondary N) is 2. The molecule has 1 rings (SSSR count). The quantitative estimate of drug-likeness (QED) is 0.578. The zero-order chi connectivity index (χ0) is 10.6.